The van der Waals surface area contributed by atoms with Crippen LogP contribution in [-0.2, 0) is 5.41 Å². The van der Waals surface area contributed by atoms with Crippen LogP contribution in [0, 0.1) is 0 Å². The molecule has 0 N–H and O–H groups in total. The number of nitrogens with zero attached hydrogens (tertiary/aromatic N) is 3. The van der Waals surface area contributed by atoms with Gasteiger partial charge in [-0.05, 0) is 102 Å². The highest BCUT2D eigenvalue weighted by atomic mass is 15.1. The standard InChI is InChI=1S/C51H31N3/c1-8-20-43-32(13-1)24-25-33-26-27-34(35-29-42-38-16-7-10-22-46(38)54(50(42)53-31-35)47-23-11-12-28-52-47)30-45(33)51(43)44-21-9-6-19-41(44)48-39-17-4-2-14-36(39)37-15-3-5-18-40(37)49(48)51/h1-31H. The van der Waals surface area contributed by atoms with Gasteiger partial charge in [-0.15, -0.1) is 0 Å². The summed E-state index contributed by atoms with van der Waals surface area (Å²) in [5.41, 5.74) is 14.0. The molecule has 0 fully saturated rings. The number of hydrogen-bond donors (Lipinski definition) is 0. The molecule has 1 atom stereocenters. The van der Waals surface area contributed by atoms with Gasteiger partial charge in [0.2, 0.25) is 0 Å². The normalized spacial score (nSPS) is 15.4. The fraction of sp³-hybridized carbons (Fsp3) is 0.0196. The average molecular weight is 686 g/mol. The van der Waals surface area contributed by atoms with E-state index in [-0.39, 0.29) is 0 Å². The fourth-order valence-electron chi connectivity index (χ4n) is 9.77. The lowest BCUT2D eigenvalue weighted by molar-refractivity contribution is 0.774. The number of rotatable bonds is 2. The smallest absolute Gasteiger partial charge is 0.146 e. The molecule has 3 nitrogen and oxygen atoms in total. The van der Waals surface area contributed by atoms with Gasteiger partial charge in [-0.3, -0.25) is 4.57 Å². The SMILES string of the molecule is C1=Cc2ccc(-c3cnc4c(c3)c3ccccc3n4-c3ccccn3)cc2C2(c3ccccc31)c1ccccc1-c1c2c2ccccc2c2ccccc12. The summed E-state index contributed by atoms with van der Waals surface area (Å²) < 4.78 is 2.17. The molecule has 0 saturated heterocycles. The maximum absolute atomic E-state index is 5.18. The van der Waals surface area contributed by atoms with Crippen molar-refractivity contribution in [2.45, 2.75) is 5.41 Å². The summed E-state index contributed by atoms with van der Waals surface area (Å²) in [6, 6.07) is 60.1. The predicted octanol–water partition coefficient (Wildman–Crippen LogP) is 12.4. The van der Waals surface area contributed by atoms with E-state index in [0.717, 1.165) is 38.9 Å². The summed E-state index contributed by atoms with van der Waals surface area (Å²) in [5.74, 6) is 0.861. The minimum absolute atomic E-state index is 0.576. The second-order valence-corrected chi connectivity index (χ2v) is 14.5. The van der Waals surface area contributed by atoms with E-state index >= 15 is 0 Å². The van der Waals surface area contributed by atoms with E-state index < -0.39 is 5.41 Å². The molecule has 0 amide bonds. The summed E-state index contributed by atoms with van der Waals surface area (Å²) in [5, 5.41) is 7.43. The van der Waals surface area contributed by atoms with Crippen molar-refractivity contribution in [1.29, 1.82) is 0 Å². The first-order valence-electron chi connectivity index (χ1n) is 18.6. The molecule has 0 aliphatic heterocycles. The van der Waals surface area contributed by atoms with Gasteiger partial charge in [-0.1, -0.05) is 146 Å². The van der Waals surface area contributed by atoms with Crippen LogP contribution in [0.5, 0.6) is 0 Å². The van der Waals surface area contributed by atoms with Crippen LogP contribution in [0.25, 0.3) is 83.7 Å². The molecule has 0 radical (unpaired) electrons. The molecule has 54 heavy (non-hydrogen) atoms. The van der Waals surface area contributed by atoms with Gasteiger partial charge in [0.1, 0.15) is 11.5 Å². The first kappa shape index (κ1) is 29.5. The largest absolute Gasteiger partial charge is 0.278 e. The molecule has 7 aromatic carbocycles. The van der Waals surface area contributed by atoms with Crippen molar-refractivity contribution in [3.63, 3.8) is 0 Å². The van der Waals surface area contributed by atoms with Crippen molar-refractivity contribution in [3.8, 4) is 28.1 Å². The molecule has 3 aromatic heterocycles. The van der Waals surface area contributed by atoms with E-state index in [9.17, 15) is 0 Å². The van der Waals surface area contributed by atoms with Crippen LogP contribution in [-0.4, -0.2) is 14.5 Å². The number of aromatic nitrogens is 3. The van der Waals surface area contributed by atoms with Crippen molar-refractivity contribution in [3.05, 3.63) is 210 Å². The van der Waals surface area contributed by atoms with Gasteiger partial charge in [-0.2, -0.15) is 0 Å². The Balaban J connectivity index is 1.19. The summed E-state index contributed by atoms with van der Waals surface area (Å²) in [7, 11) is 0. The second-order valence-electron chi connectivity index (χ2n) is 14.5. The van der Waals surface area contributed by atoms with Crippen molar-refractivity contribution >= 4 is 55.6 Å². The van der Waals surface area contributed by atoms with Gasteiger partial charge < -0.3 is 0 Å². The van der Waals surface area contributed by atoms with Crippen LogP contribution < -0.4 is 0 Å². The Morgan fingerprint density at radius 3 is 1.94 bits per heavy atom. The van der Waals surface area contributed by atoms with Crippen LogP contribution in [0.2, 0.25) is 0 Å². The van der Waals surface area contributed by atoms with E-state index in [1.54, 1.807) is 0 Å². The molecule has 10 aromatic rings. The van der Waals surface area contributed by atoms with Crippen molar-refractivity contribution in [1.82, 2.24) is 14.5 Å². The zero-order chi connectivity index (χ0) is 35.4. The molecule has 0 saturated carbocycles. The Labute approximate surface area is 312 Å². The monoisotopic (exact) mass is 685 g/mol. The maximum Gasteiger partial charge on any atom is 0.146 e. The predicted molar refractivity (Wildman–Crippen MR) is 223 cm³/mol. The molecule has 2 aliphatic rings. The average Bonchev–Trinajstić information content (AvgIpc) is 3.69. The molecule has 1 spiro atoms. The third-order valence-electron chi connectivity index (χ3n) is 11.9. The van der Waals surface area contributed by atoms with E-state index in [4.69, 9.17) is 9.97 Å². The highest BCUT2D eigenvalue weighted by Gasteiger charge is 2.50. The molecule has 3 heterocycles. The van der Waals surface area contributed by atoms with Crippen LogP contribution in [0.4, 0.5) is 0 Å². The Kier molecular flexibility index (Phi) is 5.98. The van der Waals surface area contributed by atoms with Gasteiger partial charge in [-0.25, -0.2) is 9.97 Å². The molecule has 2 aliphatic carbocycles. The molecule has 250 valence electrons. The molecule has 0 bridgehead atoms. The quantitative estimate of drug-likeness (QED) is 0.170. The number of hydrogen-bond acceptors (Lipinski definition) is 2. The van der Waals surface area contributed by atoms with Crippen molar-refractivity contribution < 1.29 is 0 Å². The highest BCUT2D eigenvalue weighted by molar-refractivity contribution is 6.19. The van der Waals surface area contributed by atoms with Crippen LogP contribution >= 0.6 is 0 Å². The van der Waals surface area contributed by atoms with E-state index in [2.05, 4.69) is 162 Å². The van der Waals surface area contributed by atoms with E-state index in [0.29, 0.717) is 0 Å². The summed E-state index contributed by atoms with van der Waals surface area (Å²) >= 11 is 0. The Hall–Kier alpha value is -7.10. The molecule has 3 heteroatoms. The topological polar surface area (TPSA) is 30.7 Å². The maximum atomic E-state index is 5.18. The Bertz CT molecular complexity index is 3220. The lowest BCUT2D eigenvalue weighted by atomic mass is 9.64. The van der Waals surface area contributed by atoms with E-state index in [1.807, 2.05) is 30.6 Å². The summed E-state index contributed by atoms with van der Waals surface area (Å²) in [4.78, 5) is 9.89. The third kappa shape index (κ3) is 3.80. The number of pyridine rings is 2. The molecular formula is C51H31N3. The van der Waals surface area contributed by atoms with Gasteiger partial charge in [0.25, 0.3) is 0 Å². The number of para-hydroxylation sites is 1. The first-order chi connectivity index (χ1) is 26.8. The van der Waals surface area contributed by atoms with Gasteiger partial charge in [0.15, 0.2) is 0 Å². The van der Waals surface area contributed by atoms with Crippen molar-refractivity contribution in [2.24, 2.45) is 0 Å². The molecular weight excluding hydrogens is 655 g/mol. The Morgan fingerprint density at radius 2 is 1.11 bits per heavy atom. The highest BCUT2D eigenvalue weighted by Crippen LogP contribution is 2.62. The summed E-state index contributed by atoms with van der Waals surface area (Å²) in [6.45, 7) is 0. The van der Waals surface area contributed by atoms with Gasteiger partial charge in [0.05, 0.1) is 10.9 Å². The van der Waals surface area contributed by atoms with Gasteiger partial charge in [0, 0.05) is 28.7 Å². The van der Waals surface area contributed by atoms with Gasteiger partial charge >= 0.3 is 0 Å². The molecule has 1 unspecified atom stereocenters. The summed E-state index contributed by atoms with van der Waals surface area (Å²) in [6.07, 6.45) is 8.51. The zero-order valence-corrected chi connectivity index (χ0v) is 29.2. The van der Waals surface area contributed by atoms with Crippen LogP contribution in [0.1, 0.15) is 33.4 Å². The molecule has 12 rings (SSSR count). The third-order valence-corrected chi connectivity index (χ3v) is 11.9. The van der Waals surface area contributed by atoms with E-state index in [1.165, 1.54) is 66.1 Å². The number of fused-ring (bicyclic) bond motifs is 17. The fourth-order valence-corrected chi connectivity index (χ4v) is 9.77. The van der Waals surface area contributed by atoms with Crippen LogP contribution in [0.3, 0.4) is 0 Å². The first-order valence-corrected chi connectivity index (χ1v) is 18.6. The Morgan fingerprint density at radius 1 is 0.444 bits per heavy atom. The lowest BCUT2D eigenvalue weighted by Gasteiger charge is -2.36. The minimum atomic E-state index is -0.576. The second kappa shape index (κ2) is 11.0. The number of benzene rings is 7. The zero-order valence-electron chi connectivity index (χ0n) is 29.2. The van der Waals surface area contributed by atoms with Crippen LogP contribution in [0.15, 0.2) is 176 Å². The van der Waals surface area contributed by atoms with Crippen molar-refractivity contribution in [2.75, 3.05) is 0 Å². The lowest BCUT2D eigenvalue weighted by Crippen LogP contribution is -2.30. The minimum Gasteiger partial charge on any atom is -0.278 e.